The van der Waals surface area contributed by atoms with E-state index in [1.54, 1.807) is 4.57 Å². The van der Waals surface area contributed by atoms with E-state index in [1.807, 2.05) is 6.92 Å². The molecule has 0 N–H and O–H groups in total. The Labute approximate surface area is 101 Å². The minimum Gasteiger partial charge on any atom is -0.312 e. The van der Waals surface area contributed by atoms with Gasteiger partial charge in [0.05, 0.1) is 5.56 Å². The zero-order valence-corrected chi connectivity index (χ0v) is 9.65. The van der Waals surface area contributed by atoms with Gasteiger partial charge in [0.25, 0.3) is 0 Å². The highest BCUT2D eigenvalue weighted by Gasteiger charge is 2.30. The van der Waals surface area contributed by atoms with Gasteiger partial charge in [-0.05, 0) is 18.6 Å². The van der Waals surface area contributed by atoms with E-state index in [2.05, 4.69) is 15.2 Å². The molecular formula is C11H11F3N4. The van der Waals surface area contributed by atoms with Gasteiger partial charge in [-0.2, -0.15) is 13.2 Å². The smallest absolute Gasteiger partial charge is 0.312 e. The van der Waals surface area contributed by atoms with E-state index in [-0.39, 0.29) is 0 Å². The first-order chi connectivity index (χ1) is 8.52. The molecule has 7 heteroatoms. The van der Waals surface area contributed by atoms with Gasteiger partial charge >= 0.3 is 6.18 Å². The van der Waals surface area contributed by atoms with E-state index in [0.717, 1.165) is 18.7 Å². The van der Waals surface area contributed by atoms with Crippen LogP contribution in [0.3, 0.4) is 0 Å². The second kappa shape index (κ2) is 4.75. The Balaban J connectivity index is 2.32. The molecule has 0 saturated carbocycles. The average molecular weight is 256 g/mol. The summed E-state index contributed by atoms with van der Waals surface area (Å²) in [7, 11) is 0. The van der Waals surface area contributed by atoms with Crippen molar-refractivity contribution in [2.75, 3.05) is 0 Å². The van der Waals surface area contributed by atoms with Gasteiger partial charge in [0, 0.05) is 12.7 Å². The van der Waals surface area contributed by atoms with Gasteiger partial charge in [0.1, 0.15) is 12.0 Å². The number of nitrogens with zero attached hydrogens (tertiary/aromatic N) is 4. The van der Waals surface area contributed by atoms with Crippen LogP contribution in [-0.2, 0) is 12.7 Å². The van der Waals surface area contributed by atoms with E-state index in [1.165, 1.54) is 12.4 Å². The first-order valence-electron chi connectivity index (χ1n) is 5.44. The van der Waals surface area contributed by atoms with Crippen LogP contribution in [0.2, 0.25) is 0 Å². The van der Waals surface area contributed by atoms with Gasteiger partial charge in [-0.15, -0.1) is 10.2 Å². The third-order valence-corrected chi connectivity index (χ3v) is 2.40. The highest BCUT2D eigenvalue weighted by atomic mass is 19.4. The molecule has 0 amide bonds. The molecule has 0 aliphatic rings. The first-order valence-corrected chi connectivity index (χ1v) is 5.44. The Hall–Kier alpha value is -1.92. The summed E-state index contributed by atoms with van der Waals surface area (Å²) in [6.45, 7) is 2.69. The molecule has 0 atom stereocenters. The Bertz CT molecular complexity index is 516. The lowest BCUT2D eigenvalue weighted by Crippen LogP contribution is -2.06. The number of hydrogen-bond acceptors (Lipinski definition) is 3. The van der Waals surface area contributed by atoms with Crippen LogP contribution in [0, 0.1) is 0 Å². The topological polar surface area (TPSA) is 43.6 Å². The van der Waals surface area contributed by atoms with E-state index in [9.17, 15) is 13.2 Å². The Morgan fingerprint density at radius 2 is 2.06 bits per heavy atom. The molecule has 0 radical (unpaired) electrons. The average Bonchev–Trinajstić information content (AvgIpc) is 2.77. The summed E-state index contributed by atoms with van der Waals surface area (Å²) in [4.78, 5) is 3.79. The highest BCUT2D eigenvalue weighted by Crippen LogP contribution is 2.29. The molecule has 0 fully saturated rings. The monoisotopic (exact) mass is 256 g/mol. The zero-order valence-electron chi connectivity index (χ0n) is 9.65. The highest BCUT2D eigenvalue weighted by molar-refractivity contribution is 5.49. The van der Waals surface area contributed by atoms with Crippen molar-refractivity contribution in [2.45, 2.75) is 26.1 Å². The number of alkyl halides is 3. The third-order valence-electron chi connectivity index (χ3n) is 2.40. The minimum absolute atomic E-state index is 0.383. The summed E-state index contributed by atoms with van der Waals surface area (Å²) in [6.07, 6.45) is -1.15. The quantitative estimate of drug-likeness (QED) is 0.848. The summed E-state index contributed by atoms with van der Waals surface area (Å²) in [5.41, 5.74) is -0.387. The van der Waals surface area contributed by atoms with Crippen molar-refractivity contribution in [1.29, 1.82) is 0 Å². The number of hydrogen-bond donors (Lipinski definition) is 0. The van der Waals surface area contributed by atoms with Crippen LogP contribution in [0.1, 0.15) is 18.9 Å². The number of halogens is 3. The summed E-state index contributed by atoms with van der Waals surface area (Å²) in [5, 5.41) is 7.61. The molecule has 0 aliphatic heterocycles. The van der Waals surface area contributed by atoms with Crippen molar-refractivity contribution in [3.8, 4) is 11.5 Å². The molecule has 2 aromatic rings. The lowest BCUT2D eigenvalue weighted by molar-refractivity contribution is -0.137. The van der Waals surface area contributed by atoms with E-state index < -0.39 is 11.7 Å². The van der Waals surface area contributed by atoms with Crippen molar-refractivity contribution < 1.29 is 13.2 Å². The molecule has 2 aromatic heterocycles. The molecular weight excluding hydrogens is 245 g/mol. The van der Waals surface area contributed by atoms with Gasteiger partial charge in [-0.25, -0.2) is 0 Å². The largest absolute Gasteiger partial charge is 0.417 e. The van der Waals surface area contributed by atoms with Gasteiger partial charge in [0.2, 0.25) is 0 Å². The zero-order chi connectivity index (χ0) is 13.2. The Morgan fingerprint density at radius 3 is 2.61 bits per heavy atom. The van der Waals surface area contributed by atoms with Gasteiger partial charge in [0.15, 0.2) is 5.82 Å². The molecule has 2 heterocycles. The summed E-state index contributed by atoms with van der Waals surface area (Å²) in [6, 6.07) is 2.30. The predicted octanol–water partition coefficient (Wildman–Crippen LogP) is 2.77. The van der Waals surface area contributed by atoms with Gasteiger partial charge in [-0.3, -0.25) is 4.98 Å². The normalized spacial score (nSPS) is 11.8. The van der Waals surface area contributed by atoms with Crippen molar-refractivity contribution in [3.63, 3.8) is 0 Å². The van der Waals surface area contributed by atoms with Crippen LogP contribution < -0.4 is 0 Å². The van der Waals surface area contributed by atoms with Crippen LogP contribution >= 0.6 is 0 Å². The number of rotatable bonds is 3. The molecule has 4 nitrogen and oxygen atoms in total. The fraction of sp³-hybridized carbons (Fsp3) is 0.364. The molecule has 0 unspecified atom stereocenters. The van der Waals surface area contributed by atoms with Gasteiger partial charge < -0.3 is 4.57 Å². The molecule has 0 spiro atoms. The Kier molecular flexibility index (Phi) is 3.31. The summed E-state index contributed by atoms with van der Waals surface area (Å²) < 4.78 is 38.9. The summed E-state index contributed by atoms with van der Waals surface area (Å²) >= 11 is 0. The predicted molar refractivity (Wildman–Crippen MR) is 58.5 cm³/mol. The molecule has 0 saturated heterocycles. The number of aryl methyl sites for hydroxylation is 1. The minimum atomic E-state index is -4.37. The Morgan fingerprint density at radius 1 is 1.28 bits per heavy atom. The number of aromatic nitrogens is 4. The molecule has 0 aliphatic carbocycles. The van der Waals surface area contributed by atoms with Crippen LogP contribution in [-0.4, -0.2) is 19.7 Å². The molecule has 0 aromatic carbocycles. The van der Waals surface area contributed by atoms with Crippen molar-refractivity contribution >= 4 is 0 Å². The van der Waals surface area contributed by atoms with Crippen LogP contribution in [0.15, 0.2) is 24.7 Å². The van der Waals surface area contributed by atoms with Crippen LogP contribution in [0.5, 0.6) is 0 Å². The van der Waals surface area contributed by atoms with E-state index in [4.69, 9.17) is 0 Å². The lowest BCUT2D eigenvalue weighted by Gasteiger charge is -2.07. The fourth-order valence-corrected chi connectivity index (χ4v) is 1.55. The SMILES string of the molecule is CCCn1cnnc1-c1ccc(C(F)(F)F)cn1. The number of pyridine rings is 1. The maximum atomic E-state index is 12.4. The lowest BCUT2D eigenvalue weighted by atomic mass is 10.2. The molecule has 96 valence electrons. The van der Waals surface area contributed by atoms with Gasteiger partial charge in [-0.1, -0.05) is 6.92 Å². The standard InChI is InChI=1S/C11H11F3N4/c1-2-5-18-7-16-17-10(18)9-4-3-8(6-15-9)11(12,13)14/h3-4,6-7H,2,5H2,1H3. The van der Waals surface area contributed by atoms with Crippen molar-refractivity contribution in [2.24, 2.45) is 0 Å². The van der Waals surface area contributed by atoms with Crippen LogP contribution in [0.4, 0.5) is 13.2 Å². The van der Waals surface area contributed by atoms with Crippen molar-refractivity contribution in [1.82, 2.24) is 19.7 Å². The maximum Gasteiger partial charge on any atom is 0.417 e. The third kappa shape index (κ3) is 2.49. The molecule has 2 rings (SSSR count). The second-order valence-electron chi connectivity index (χ2n) is 3.78. The van der Waals surface area contributed by atoms with E-state index in [0.29, 0.717) is 18.1 Å². The first kappa shape index (κ1) is 12.5. The summed E-state index contributed by atoms with van der Waals surface area (Å²) in [5.74, 6) is 0.477. The van der Waals surface area contributed by atoms with Crippen molar-refractivity contribution in [3.05, 3.63) is 30.2 Å². The molecule has 0 bridgehead atoms. The maximum absolute atomic E-state index is 12.4. The fourth-order valence-electron chi connectivity index (χ4n) is 1.55. The van der Waals surface area contributed by atoms with Crippen LogP contribution in [0.25, 0.3) is 11.5 Å². The molecule has 18 heavy (non-hydrogen) atoms. The van der Waals surface area contributed by atoms with E-state index >= 15 is 0 Å². The second-order valence-corrected chi connectivity index (χ2v) is 3.78.